The number of hydrogen-bond donors (Lipinski definition) is 1. The summed E-state index contributed by atoms with van der Waals surface area (Å²) in [6.07, 6.45) is -4.46. The van der Waals surface area contributed by atoms with Crippen LogP contribution in [0.2, 0.25) is 0 Å². The average molecular weight is 269 g/mol. The Morgan fingerprint density at radius 3 is 2.50 bits per heavy atom. The van der Waals surface area contributed by atoms with Crippen LogP contribution in [0, 0.1) is 6.92 Å². The molecule has 0 aliphatic carbocycles. The third-order valence-corrected chi connectivity index (χ3v) is 2.99. The SMILES string of the molecule is Cc1nn(C)c(CC(O)C(F)F)c1Br. The van der Waals surface area contributed by atoms with E-state index in [1.54, 1.807) is 14.0 Å². The molecule has 0 aliphatic heterocycles. The Morgan fingerprint density at radius 2 is 2.14 bits per heavy atom. The van der Waals surface area contributed by atoms with Gasteiger partial charge in [0, 0.05) is 13.5 Å². The Kier molecular flexibility index (Phi) is 3.60. The van der Waals surface area contributed by atoms with Crippen molar-refractivity contribution in [1.82, 2.24) is 9.78 Å². The molecule has 0 bridgehead atoms. The van der Waals surface area contributed by atoms with Crippen molar-refractivity contribution >= 4 is 15.9 Å². The molecule has 0 saturated heterocycles. The molecule has 0 saturated carbocycles. The van der Waals surface area contributed by atoms with Crippen molar-refractivity contribution in [3.8, 4) is 0 Å². The van der Waals surface area contributed by atoms with Crippen LogP contribution in [0.4, 0.5) is 8.78 Å². The molecule has 1 aromatic heterocycles. The summed E-state index contributed by atoms with van der Waals surface area (Å²) in [6.45, 7) is 1.77. The van der Waals surface area contributed by atoms with Crippen LogP contribution in [0.25, 0.3) is 0 Å². The first kappa shape index (κ1) is 11.6. The first-order chi connectivity index (χ1) is 6.43. The molecule has 1 N–H and O–H groups in total. The van der Waals surface area contributed by atoms with E-state index < -0.39 is 12.5 Å². The molecule has 14 heavy (non-hydrogen) atoms. The van der Waals surface area contributed by atoms with Gasteiger partial charge >= 0.3 is 0 Å². The molecule has 1 heterocycles. The monoisotopic (exact) mass is 268 g/mol. The molecule has 1 atom stereocenters. The zero-order chi connectivity index (χ0) is 10.9. The molecule has 1 unspecified atom stereocenters. The first-order valence-electron chi connectivity index (χ1n) is 4.07. The van der Waals surface area contributed by atoms with Crippen LogP contribution >= 0.6 is 15.9 Å². The van der Waals surface area contributed by atoms with Gasteiger partial charge in [0.2, 0.25) is 0 Å². The second-order valence-corrected chi connectivity index (χ2v) is 3.87. The molecule has 0 aliphatic rings. The predicted octanol–water partition coefficient (Wildman–Crippen LogP) is 1.66. The zero-order valence-electron chi connectivity index (χ0n) is 7.84. The lowest BCUT2D eigenvalue weighted by Crippen LogP contribution is -2.21. The van der Waals surface area contributed by atoms with Crippen LogP contribution in [0.15, 0.2) is 4.47 Å². The van der Waals surface area contributed by atoms with Crippen LogP contribution in [-0.2, 0) is 13.5 Å². The van der Waals surface area contributed by atoms with Crippen LogP contribution in [0.5, 0.6) is 0 Å². The Bertz CT molecular complexity index is 327. The van der Waals surface area contributed by atoms with Gasteiger partial charge in [0.15, 0.2) is 0 Å². The summed E-state index contributed by atoms with van der Waals surface area (Å²) >= 11 is 3.24. The van der Waals surface area contributed by atoms with Gasteiger partial charge in [0.1, 0.15) is 6.10 Å². The van der Waals surface area contributed by atoms with Gasteiger partial charge in [0.05, 0.1) is 15.9 Å². The van der Waals surface area contributed by atoms with Gasteiger partial charge in [-0.2, -0.15) is 5.10 Å². The summed E-state index contributed by atoms with van der Waals surface area (Å²) < 4.78 is 26.3. The fourth-order valence-electron chi connectivity index (χ4n) is 1.19. The van der Waals surface area contributed by atoms with E-state index in [1.807, 2.05) is 0 Å². The van der Waals surface area contributed by atoms with Crippen molar-refractivity contribution in [3.05, 3.63) is 15.9 Å². The van der Waals surface area contributed by atoms with Gasteiger partial charge in [0.25, 0.3) is 6.43 Å². The van der Waals surface area contributed by atoms with Crippen LogP contribution < -0.4 is 0 Å². The fourth-order valence-corrected chi connectivity index (χ4v) is 1.69. The highest BCUT2D eigenvalue weighted by molar-refractivity contribution is 9.10. The number of rotatable bonds is 3. The maximum Gasteiger partial charge on any atom is 0.264 e. The highest BCUT2D eigenvalue weighted by Crippen LogP contribution is 2.22. The van der Waals surface area contributed by atoms with Crippen molar-refractivity contribution in [3.63, 3.8) is 0 Å². The summed E-state index contributed by atoms with van der Waals surface area (Å²) in [6, 6.07) is 0. The molecule has 0 aromatic carbocycles. The topological polar surface area (TPSA) is 38.0 Å². The van der Waals surface area contributed by atoms with Crippen molar-refractivity contribution in [2.24, 2.45) is 7.05 Å². The molecule has 1 aromatic rings. The Morgan fingerprint density at radius 1 is 1.57 bits per heavy atom. The van der Waals surface area contributed by atoms with E-state index in [9.17, 15) is 8.78 Å². The molecule has 80 valence electrons. The van der Waals surface area contributed by atoms with E-state index in [4.69, 9.17) is 5.11 Å². The van der Waals surface area contributed by atoms with Gasteiger partial charge in [-0.05, 0) is 22.9 Å². The standard InChI is InChI=1S/C8H11BrF2N2O/c1-4-7(9)5(13(2)12-4)3-6(14)8(10)11/h6,8,14H,3H2,1-2H3. The third-order valence-electron chi connectivity index (χ3n) is 1.95. The molecular weight excluding hydrogens is 258 g/mol. The number of nitrogens with zero attached hydrogens (tertiary/aromatic N) is 2. The van der Waals surface area contributed by atoms with Crippen molar-refractivity contribution in [2.45, 2.75) is 25.9 Å². The van der Waals surface area contributed by atoms with E-state index in [0.29, 0.717) is 10.2 Å². The summed E-state index contributed by atoms with van der Waals surface area (Å²) in [5.74, 6) is 0. The highest BCUT2D eigenvalue weighted by Gasteiger charge is 2.21. The van der Waals surface area contributed by atoms with Crippen LogP contribution in [0.1, 0.15) is 11.4 Å². The predicted molar refractivity (Wildman–Crippen MR) is 51.4 cm³/mol. The number of alkyl halides is 2. The van der Waals surface area contributed by atoms with E-state index in [-0.39, 0.29) is 6.42 Å². The van der Waals surface area contributed by atoms with Gasteiger partial charge < -0.3 is 5.11 Å². The maximum absolute atomic E-state index is 12.1. The summed E-state index contributed by atoms with van der Waals surface area (Å²) in [5.41, 5.74) is 1.30. The molecule has 0 radical (unpaired) electrons. The summed E-state index contributed by atoms with van der Waals surface area (Å²) in [5, 5.41) is 13.1. The Hall–Kier alpha value is -0.490. The molecule has 6 heteroatoms. The van der Waals surface area contributed by atoms with Gasteiger partial charge in [-0.1, -0.05) is 0 Å². The smallest absolute Gasteiger partial charge is 0.264 e. The molecule has 3 nitrogen and oxygen atoms in total. The van der Waals surface area contributed by atoms with Crippen molar-refractivity contribution < 1.29 is 13.9 Å². The van der Waals surface area contributed by atoms with Gasteiger partial charge in [-0.15, -0.1) is 0 Å². The minimum absolute atomic E-state index is 0.102. The van der Waals surface area contributed by atoms with Crippen molar-refractivity contribution in [1.29, 1.82) is 0 Å². The second kappa shape index (κ2) is 4.35. The largest absolute Gasteiger partial charge is 0.387 e. The average Bonchev–Trinajstić information content (AvgIpc) is 2.32. The number of halogens is 3. The van der Waals surface area contributed by atoms with E-state index in [0.717, 1.165) is 5.69 Å². The van der Waals surface area contributed by atoms with Gasteiger partial charge in [-0.25, -0.2) is 8.78 Å². The quantitative estimate of drug-likeness (QED) is 0.906. The first-order valence-corrected chi connectivity index (χ1v) is 4.87. The minimum atomic E-state index is -2.72. The number of aliphatic hydroxyl groups is 1. The molecular formula is C8H11BrF2N2O. The molecule has 0 spiro atoms. The number of hydrogen-bond acceptors (Lipinski definition) is 2. The fraction of sp³-hybridized carbons (Fsp3) is 0.625. The number of aryl methyl sites for hydroxylation is 2. The van der Waals surface area contributed by atoms with Crippen molar-refractivity contribution in [2.75, 3.05) is 0 Å². The lowest BCUT2D eigenvalue weighted by atomic mass is 10.2. The molecule has 1 rings (SSSR count). The second-order valence-electron chi connectivity index (χ2n) is 3.08. The molecule has 0 fully saturated rings. The molecule has 0 amide bonds. The zero-order valence-corrected chi connectivity index (χ0v) is 9.42. The van der Waals surface area contributed by atoms with Gasteiger partial charge in [-0.3, -0.25) is 4.68 Å². The number of aromatic nitrogens is 2. The summed E-state index contributed by atoms with van der Waals surface area (Å²) in [7, 11) is 1.66. The lowest BCUT2D eigenvalue weighted by molar-refractivity contribution is -0.00468. The highest BCUT2D eigenvalue weighted by atomic mass is 79.9. The minimum Gasteiger partial charge on any atom is -0.387 e. The van der Waals surface area contributed by atoms with Crippen LogP contribution in [-0.4, -0.2) is 27.4 Å². The van der Waals surface area contributed by atoms with Crippen LogP contribution in [0.3, 0.4) is 0 Å². The maximum atomic E-state index is 12.1. The Labute approximate surface area is 88.9 Å². The number of aliphatic hydroxyl groups excluding tert-OH is 1. The third kappa shape index (κ3) is 2.30. The summed E-state index contributed by atoms with van der Waals surface area (Å²) in [4.78, 5) is 0. The lowest BCUT2D eigenvalue weighted by Gasteiger charge is -2.09. The Balaban J connectivity index is 2.86. The normalized spacial score (nSPS) is 13.6. The van der Waals surface area contributed by atoms with E-state index >= 15 is 0 Å². The van der Waals surface area contributed by atoms with E-state index in [1.165, 1.54) is 4.68 Å². The van der Waals surface area contributed by atoms with E-state index in [2.05, 4.69) is 21.0 Å².